The third kappa shape index (κ3) is 1.76. The summed E-state index contributed by atoms with van der Waals surface area (Å²) in [6.07, 6.45) is 5.55. The van der Waals surface area contributed by atoms with Crippen molar-refractivity contribution in [3.8, 4) is 0 Å². The Morgan fingerprint density at radius 2 is 2.06 bits per heavy atom. The molecule has 3 unspecified atom stereocenters. The van der Waals surface area contributed by atoms with Gasteiger partial charge in [0.2, 0.25) is 5.91 Å². The zero-order chi connectivity index (χ0) is 11.0. The van der Waals surface area contributed by atoms with Gasteiger partial charge in [0.25, 0.3) is 0 Å². The Bertz CT molecular complexity index is 429. The Hall–Kier alpha value is -1.22. The first-order valence-electron chi connectivity index (χ1n) is 5.52. The van der Waals surface area contributed by atoms with Crippen LogP contribution in [0.1, 0.15) is 6.42 Å². The molecule has 0 spiro atoms. The quantitative estimate of drug-likeness (QED) is 0.793. The first kappa shape index (κ1) is 9.97. The van der Waals surface area contributed by atoms with Crippen LogP contribution in [0.4, 0.5) is 5.69 Å². The molecule has 1 aliphatic heterocycles. The molecular weight excluding hydrogens is 218 g/mol. The maximum Gasteiger partial charge on any atom is 0.238 e. The minimum Gasteiger partial charge on any atom is -0.325 e. The van der Waals surface area contributed by atoms with Gasteiger partial charge in [-0.3, -0.25) is 4.79 Å². The van der Waals surface area contributed by atoms with Crippen LogP contribution >= 0.6 is 11.8 Å². The molecule has 1 aromatic rings. The number of para-hydroxylation sites is 1. The highest BCUT2D eigenvalue weighted by atomic mass is 32.2. The number of allylic oxidation sites excluding steroid dienone is 1. The van der Waals surface area contributed by atoms with Crippen LogP contribution in [-0.4, -0.2) is 16.4 Å². The van der Waals surface area contributed by atoms with Crippen LogP contribution in [0, 0.1) is 5.92 Å². The maximum atomic E-state index is 12.0. The number of hydrogen-bond acceptors (Lipinski definition) is 2. The molecule has 3 atom stereocenters. The molecule has 1 aliphatic carbocycles. The van der Waals surface area contributed by atoms with Crippen molar-refractivity contribution in [1.82, 2.24) is 0 Å². The van der Waals surface area contributed by atoms with E-state index in [1.54, 1.807) is 11.8 Å². The van der Waals surface area contributed by atoms with Gasteiger partial charge in [0, 0.05) is 10.9 Å². The van der Waals surface area contributed by atoms with Crippen molar-refractivity contribution in [2.45, 2.75) is 16.9 Å². The number of carbonyl (C=O) groups excluding carboxylic acids is 1. The summed E-state index contributed by atoms with van der Waals surface area (Å²) >= 11 is 1.79. The van der Waals surface area contributed by atoms with E-state index < -0.39 is 0 Å². The minimum absolute atomic E-state index is 0.107. The average Bonchev–Trinajstić information content (AvgIpc) is 2.92. The van der Waals surface area contributed by atoms with Crippen molar-refractivity contribution >= 4 is 23.4 Å². The molecule has 0 saturated carbocycles. The van der Waals surface area contributed by atoms with E-state index in [9.17, 15) is 4.79 Å². The second kappa shape index (κ2) is 3.98. The normalized spacial score (nSPS) is 30.6. The van der Waals surface area contributed by atoms with Gasteiger partial charge in [-0.1, -0.05) is 30.4 Å². The molecule has 82 valence electrons. The molecule has 2 aliphatic rings. The van der Waals surface area contributed by atoms with Crippen molar-refractivity contribution in [2.75, 3.05) is 5.32 Å². The molecule has 1 fully saturated rings. The Morgan fingerprint density at radius 3 is 2.69 bits per heavy atom. The predicted octanol–water partition coefficient (Wildman–Crippen LogP) is 2.69. The second-order valence-electron chi connectivity index (χ2n) is 4.23. The second-order valence-corrected chi connectivity index (χ2v) is 5.62. The Labute approximate surface area is 99.1 Å². The van der Waals surface area contributed by atoms with E-state index in [1.807, 2.05) is 30.3 Å². The third-order valence-electron chi connectivity index (χ3n) is 3.09. The lowest BCUT2D eigenvalue weighted by Crippen LogP contribution is -2.28. The zero-order valence-corrected chi connectivity index (χ0v) is 9.61. The van der Waals surface area contributed by atoms with Crippen molar-refractivity contribution < 1.29 is 4.79 Å². The van der Waals surface area contributed by atoms with Crippen molar-refractivity contribution in [1.29, 1.82) is 0 Å². The number of nitrogens with one attached hydrogen (secondary N) is 1. The number of anilines is 1. The van der Waals surface area contributed by atoms with Gasteiger partial charge in [-0.05, 0) is 24.5 Å². The number of benzene rings is 1. The molecule has 2 bridgehead atoms. The zero-order valence-electron chi connectivity index (χ0n) is 8.80. The molecule has 0 radical (unpaired) electrons. The van der Waals surface area contributed by atoms with Crippen LogP contribution in [0.2, 0.25) is 0 Å². The molecule has 16 heavy (non-hydrogen) atoms. The molecular formula is C13H13NOS. The summed E-state index contributed by atoms with van der Waals surface area (Å²) in [5.41, 5.74) is 0.889. The lowest BCUT2D eigenvalue weighted by atomic mass is 10.0. The molecule has 2 nitrogen and oxygen atoms in total. The van der Waals surface area contributed by atoms with Gasteiger partial charge in [-0.2, -0.15) is 0 Å². The van der Waals surface area contributed by atoms with Gasteiger partial charge in [-0.25, -0.2) is 0 Å². The lowest BCUT2D eigenvalue weighted by Gasteiger charge is -2.16. The van der Waals surface area contributed by atoms with Gasteiger partial charge < -0.3 is 5.32 Å². The number of fused-ring (bicyclic) bond motifs is 2. The summed E-state index contributed by atoms with van der Waals surface area (Å²) in [4.78, 5) is 12.0. The van der Waals surface area contributed by atoms with Crippen LogP contribution in [0.15, 0.2) is 42.5 Å². The smallest absolute Gasteiger partial charge is 0.238 e. The monoisotopic (exact) mass is 231 g/mol. The summed E-state index contributed by atoms with van der Waals surface area (Å²) < 4.78 is 0. The van der Waals surface area contributed by atoms with Crippen LogP contribution in [0.5, 0.6) is 0 Å². The van der Waals surface area contributed by atoms with Gasteiger partial charge in [0.1, 0.15) is 0 Å². The summed E-state index contributed by atoms with van der Waals surface area (Å²) in [6.45, 7) is 0. The van der Waals surface area contributed by atoms with E-state index in [4.69, 9.17) is 0 Å². The van der Waals surface area contributed by atoms with E-state index in [0.29, 0.717) is 11.2 Å². The van der Waals surface area contributed by atoms with Gasteiger partial charge >= 0.3 is 0 Å². The molecule has 1 saturated heterocycles. The van der Waals surface area contributed by atoms with Crippen LogP contribution in [0.25, 0.3) is 0 Å². The maximum absolute atomic E-state index is 12.0. The first-order valence-corrected chi connectivity index (χ1v) is 6.47. The third-order valence-corrected chi connectivity index (χ3v) is 4.64. The summed E-state index contributed by atoms with van der Waals surface area (Å²) in [6, 6.07) is 9.66. The molecule has 3 heteroatoms. The Kier molecular flexibility index (Phi) is 2.48. The van der Waals surface area contributed by atoms with E-state index in [1.165, 1.54) is 0 Å². The fraction of sp³-hybridized carbons (Fsp3) is 0.308. The van der Waals surface area contributed by atoms with E-state index >= 15 is 0 Å². The molecule has 3 rings (SSSR count). The molecule has 1 aromatic carbocycles. The summed E-state index contributed by atoms with van der Waals surface area (Å²) in [5, 5.41) is 3.65. The predicted molar refractivity (Wildman–Crippen MR) is 67.5 cm³/mol. The summed E-state index contributed by atoms with van der Waals surface area (Å²) in [7, 11) is 0. The van der Waals surface area contributed by atoms with Crippen molar-refractivity contribution in [3.05, 3.63) is 42.5 Å². The van der Waals surface area contributed by atoms with E-state index in [-0.39, 0.29) is 11.2 Å². The average molecular weight is 231 g/mol. The molecule has 1 N–H and O–H groups in total. The highest BCUT2D eigenvalue weighted by Gasteiger charge is 2.40. The van der Waals surface area contributed by atoms with Crippen molar-refractivity contribution in [2.24, 2.45) is 5.92 Å². The Balaban J connectivity index is 1.69. The molecule has 1 heterocycles. The number of hydrogen-bond donors (Lipinski definition) is 1. The number of amides is 1. The fourth-order valence-electron chi connectivity index (χ4n) is 2.30. The van der Waals surface area contributed by atoms with Crippen LogP contribution < -0.4 is 5.32 Å². The molecule has 0 aromatic heterocycles. The summed E-state index contributed by atoms with van der Waals surface area (Å²) in [5.74, 6) is 0.590. The SMILES string of the molecule is O=C(Nc1ccccc1)C1SC2C=CC1C2. The fourth-order valence-corrected chi connectivity index (χ4v) is 3.78. The minimum atomic E-state index is 0.107. The van der Waals surface area contributed by atoms with E-state index in [2.05, 4.69) is 17.5 Å². The van der Waals surface area contributed by atoms with Gasteiger partial charge in [0.05, 0.1) is 5.25 Å². The number of rotatable bonds is 2. The topological polar surface area (TPSA) is 29.1 Å². The number of carbonyl (C=O) groups is 1. The van der Waals surface area contributed by atoms with Crippen LogP contribution in [-0.2, 0) is 4.79 Å². The highest BCUT2D eigenvalue weighted by Crippen LogP contribution is 2.45. The largest absolute Gasteiger partial charge is 0.325 e. The van der Waals surface area contributed by atoms with Crippen LogP contribution in [0.3, 0.4) is 0 Å². The lowest BCUT2D eigenvalue weighted by molar-refractivity contribution is -0.116. The number of thioether (sulfide) groups is 1. The van der Waals surface area contributed by atoms with E-state index in [0.717, 1.165) is 12.1 Å². The van der Waals surface area contributed by atoms with Crippen molar-refractivity contribution in [3.63, 3.8) is 0 Å². The first-order chi connectivity index (χ1) is 7.83. The van der Waals surface area contributed by atoms with Gasteiger partial charge in [0.15, 0.2) is 0 Å². The van der Waals surface area contributed by atoms with Gasteiger partial charge in [-0.15, -0.1) is 11.8 Å². The molecule has 1 amide bonds. The highest BCUT2D eigenvalue weighted by molar-refractivity contribution is 8.01. The Morgan fingerprint density at radius 1 is 1.25 bits per heavy atom. The standard InChI is InChI=1S/C13H13NOS/c15-13(14-10-4-2-1-3-5-10)12-9-6-7-11(8-9)16-12/h1-7,9,11-12H,8H2,(H,14,15).